The van der Waals surface area contributed by atoms with E-state index in [4.69, 9.17) is 5.11 Å². The molecule has 0 unspecified atom stereocenters. The summed E-state index contributed by atoms with van der Waals surface area (Å²) in [7, 11) is 0. The molecule has 2 aromatic carbocycles. The summed E-state index contributed by atoms with van der Waals surface area (Å²) < 4.78 is 0. The number of benzene rings is 2. The van der Waals surface area contributed by atoms with E-state index in [1.807, 2.05) is 50.2 Å². The fraction of sp³-hybridized carbons (Fsp3) is 0.188. The summed E-state index contributed by atoms with van der Waals surface area (Å²) in [6.45, 7) is 4.06. The van der Waals surface area contributed by atoms with Crippen molar-refractivity contribution in [2.45, 2.75) is 20.3 Å². The normalized spacial score (nSPS) is 10.3. The van der Waals surface area contributed by atoms with Gasteiger partial charge >= 0.3 is 5.97 Å². The molecule has 1 N–H and O–H groups in total. The lowest BCUT2D eigenvalue weighted by molar-refractivity contribution is -0.136. The molecule has 0 fully saturated rings. The van der Waals surface area contributed by atoms with Crippen LogP contribution in [0, 0.1) is 13.8 Å². The molecular weight excluding hydrogens is 224 g/mol. The van der Waals surface area contributed by atoms with Crippen LogP contribution in [-0.2, 0) is 11.2 Å². The molecule has 0 aliphatic carbocycles. The molecule has 2 rings (SSSR count). The lowest BCUT2D eigenvalue weighted by Crippen LogP contribution is -2.02. The van der Waals surface area contributed by atoms with Crippen molar-refractivity contribution >= 4 is 5.97 Å². The van der Waals surface area contributed by atoms with Crippen LogP contribution in [0.25, 0.3) is 11.1 Å². The van der Waals surface area contributed by atoms with Crippen molar-refractivity contribution in [1.29, 1.82) is 0 Å². The highest BCUT2D eigenvalue weighted by atomic mass is 16.4. The Labute approximate surface area is 107 Å². The third-order valence-corrected chi connectivity index (χ3v) is 2.94. The zero-order valence-electron chi connectivity index (χ0n) is 10.6. The molecule has 92 valence electrons. The fourth-order valence-electron chi connectivity index (χ4n) is 2.09. The van der Waals surface area contributed by atoms with Gasteiger partial charge in [0, 0.05) is 0 Å². The third kappa shape index (κ3) is 2.77. The fourth-order valence-corrected chi connectivity index (χ4v) is 2.09. The summed E-state index contributed by atoms with van der Waals surface area (Å²) in [5.74, 6) is -0.798. The first-order valence-electron chi connectivity index (χ1n) is 5.94. The monoisotopic (exact) mass is 240 g/mol. The molecule has 0 aliphatic rings. The molecule has 0 atom stereocenters. The van der Waals surface area contributed by atoms with Gasteiger partial charge in [-0.05, 0) is 30.5 Å². The molecule has 0 bridgehead atoms. The second-order valence-corrected chi connectivity index (χ2v) is 4.60. The van der Waals surface area contributed by atoms with Crippen LogP contribution >= 0.6 is 0 Å². The van der Waals surface area contributed by atoms with E-state index in [-0.39, 0.29) is 6.42 Å². The highest BCUT2D eigenvalue weighted by Crippen LogP contribution is 2.26. The summed E-state index contributed by atoms with van der Waals surface area (Å²) in [6.07, 6.45) is 0.0591. The third-order valence-electron chi connectivity index (χ3n) is 2.94. The molecule has 2 heteroatoms. The first kappa shape index (κ1) is 12.4. The Morgan fingerprint density at radius 2 is 1.78 bits per heavy atom. The summed E-state index contributed by atoms with van der Waals surface area (Å²) in [5.41, 5.74) is 5.27. The Hall–Kier alpha value is -2.09. The molecule has 0 saturated carbocycles. The lowest BCUT2D eigenvalue weighted by atomic mass is 9.95. The van der Waals surface area contributed by atoms with Gasteiger partial charge in [0.05, 0.1) is 6.42 Å². The van der Waals surface area contributed by atoms with Crippen molar-refractivity contribution in [3.8, 4) is 11.1 Å². The Morgan fingerprint density at radius 3 is 2.44 bits per heavy atom. The van der Waals surface area contributed by atoms with Crippen molar-refractivity contribution in [2.24, 2.45) is 0 Å². The number of hydrogen-bond donors (Lipinski definition) is 1. The van der Waals surface area contributed by atoms with Crippen molar-refractivity contribution in [2.75, 3.05) is 0 Å². The van der Waals surface area contributed by atoms with E-state index in [0.717, 1.165) is 22.3 Å². The van der Waals surface area contributed by atoms with Gasteiger partial charge < -0.3 is 5.11 Å². The second kappa shape index (κ2) is 5.05. The predicted octanol–water partition coefficient (Wildman–Crippen LogP) is 3.60. The Balaban J connectivity index is 2.54. The number of aryl methyl sites for hydroxylation is 2. The molecule has 0 aliphatic heterocycles. The van der Waals surface area contributed by atoms with Gasteiger partial charge in [0.25, 0.3) is 0 Å². The molecule has 18 heavy (non-hydrogen) atoms. The average molecular weight is 240 g/mol. The van der Waals surface area contributed by atoms with E-state index in [2.05, 4.69) is 6.07 Å². The van der Waals surface area contributed by atoms with E-state index in [9.17, 15) is 4.79 Å². The van der Waals surface area contributed by atoms with Crippen LogP contribution in [0.3, 0.4) is 0 Å². The van der Waals surface area contributed by atoms with Gasteiger partial charge in [-0.2, -0.15) is 0 Å². The van der Waals surface area contributed by atoms with Crippen LogP contribution in [0.4, 0.5) is 0 Å². The summed E-state index contributed by atoms with van der Waals surface area (Å²) >= 11 is 0. The molecule has 0 saturated heterocycles. The van der Waals surface area contributed by atoms with Crippen LogP contribution < -0.4 is 0 Å². The number of rotatable bonds is 3. The maximum absolute atomic E-state index is 10.9. The van der Waals surface area contributed by atoms with Crippen molar-refractivity contribution < 1.29 is 9.90 Å². The molecule has 0 heterocycles. The molecule has 0 spiro atoms. The standard InChI is InChI=1S/C16H16O2/c1-11-4-3-5-13(8-11)15-9-12(2)6-7-14(15)10-16(17)18/h3-9H,10H2,1-2H3,(H,17,18). The minimum atomic E-state index is -0.798. The minimum absolute atomic E-state index is 0.0591. The van der Waals surface area contributed by atoms with Gasteiger partial charge in [-0.15, -0.1) is 0 Å². The average Bonchev–Trinajstić information content (AvgIpc) is 2.31. The van der Waals surface area contributed by atoms with E-state index in [1.165, 1.54) is 5.56 Å². The number of carboxylic acids is 1. The summed E-state index contributed by atoms with van der Waals surface area (Å²) in [6, 6.07) is 14.0. The highest BCUT2D eigenvalue weighted by Gasteiger charge is 2.09. The van der Waals surface area contributed by atoms with Crippen LogP contribution in [0.1, 0.15) is 16.7 Å². The second-order valence-electron chi connectivity index (χ2n) is 4.60. The highest BCUT2D eigenvalue weighted by molar-refractivity contribution is 5.77. The van der Waals surface area contributed by atoms with Gasteiger partial charge in [0.1, 0.15) is 0 Å². The molecule has 0 aromatic heterocycles. The Bertz CT molecular complexity index is 585. The predicted molar refractivity (Wildman–Crippen MR) is 72.7 cm³/mol. The van der Waals surface area contributed by atoms with Crippen LogP contribution in [0.15, 0.2) is 42.5 Å². The van der Waals surface area contributed by atoms with Crippen LogP contribution in [-0.4, -0.2) is 11.1 Å². The van der Waals surface area contributed by atoms with Crippen LogP contribution in [0.2, 0.25) is 0 Å². The van der Waals surface area contributed by atoms with Crippen LogP contribution in [0.5, 0.6) is 0 Å². The maximum Gasteiger partial charge on any atom is 0.307 e. The molecule has 2 aromatic rings. The number of carboxylic acid groups (broad SMARTS) is 1. The minimum Gasteiger partial charge on any atom is -0.481 e. The van der Waals surface area contributed by atoms with E-state index < -0.39 is 5.97 Å². The van der Waals surface area contributed by atoms with Crippen molar-refractivity contribution in [3.05, 3.63) is 59.2 Å². The van der Waals surface area contributed by atoms with Gasteiger partial charge in [0.2, 0.25) is 0 Å². The van der Waals surface area contributed by atoms with E-state index in [0.29, 0.717) is 0 Å². The van der Waals surface area contributed by atoms with Gasteiger partial charge in [-0.1, -0.05) is 53.6 Å². The van der Waals surface area contributed by atoms with Gasteiger partial charge in [0.15, 0.2) is 0 Å². The zero-order valence-corrected chi connectivity index (χ0v) is 10.6. The summed E-state index contributed by atoms with van der Waals surface area (Å²) in [5, 5.41) is 8.96. The van der Waals surface area contributed by atoms with Gasteiger partial charge in [-0.25, -0.2) is 0 Å². The lowest BCUT2D eigenvalue weighted by Gasteiger charge is -2.10. The SMILES string of the molecule is Cc1cccc(-c2cc(C)ccc2CC(=O)O)c1. The van der Waals surface area contributed by atoms with Crippen molar-refractivity contribution in [3.63, 3.8) is 0 Å². The topological polar surface area (TPSA) is 37.3 Å². The molecule has 0 radical (unpaired) electrons. The zero-order chi connectivity index (χ0) is 13.1. The van der Waals surface area contributed by atoms with E-state index >= 15 is 0 Å². The summed E-state index contributed by atoms with van der Waals surface area (Å²) in [4.78, 5) is 10.9. The van der Waals surface area contributed by atoms with Crippen molar-refractivity contribution in [1.82, 2.24) is 0 Å². The Morgan fingerprint density at radius 1 is 1.06 bits per heavy atom. The largest absolute Gasteiger partial charge is 0.481 e. The molecular formula is C16H16O2. The van der Waals surface area contributed by atoms with E-state index in [1.54, 1.807) is 0 Å². The first-order chi connectivity index (χ1) is 8.56. The molecule has 2 nitrogen and oxygen atoms in total. The smallest absolute Gasteiger partial charge is 0.307 e. The first-order valence-corrected chi connectivity index (χ1v) is 5.94. The molecule has 0 amide bonds. The maximum atomic E-state index is 10.9. The van der Waals surface area contributed by atoms with Gasteiger partial charge in [-0.3, -0.25) is 4.79 Å². The number of carbonyl (C=O) groups is 1. The number of aliphatic carboxylic acids is 1. The number of hydrogen-bond acceptors (Lipinski definition) is 1. The quantitative estimate of drug-likeness (QED) is 0.890. The Kier molecular flexibility index (Phi) is 3.47.